The summed E-state index contributed by atoms with van der Waals surface area (Å²) in [7, 11) is -4.21. The van der Waals surface area contributed by atoms with Gasteiger partial charge in [-0.15, -0.1) is 0 Å². The number of hydrogen-bond donors (Lipinski definition) is 14. The van der Waals surface area contributed by atoms with Gasteiger partial charge in [0.2, 0.25) is 65.0 Å². The Morgan fingerprint density at radius 3 is 1.98 bits per heavy atom. The number of likely N-dealkylation sites (N-methyl/N-ethyl adjacent to an activating group) is 1. The zero-order valence-electron chi connectivity index (χ0n) is 51.8. The van der Waals surface area contributed by atoms with Crippen molar-refractivity contribution in [1.82, 2.24) is 58.1 Å². The lowest BCUT2D eigenvalue weighted by molar-refractivity contribution is -0.144. The third-order valence-corrected chi connectivity index (χ3v) is 18.4. The third kappa shape index (κ3) is 23.8. The van der Waals surface area contributed by atoms with E-state index in [1.165, 1.54) is 27.7 Å². The highest BCUT2D eigenvalue weighted by molar-refractivity contribution is 8.00. The lowest BCUT2D eigenvalue weighted by atomic mass is 9.84. The zero-order valence-corrected chi connectivity index (χ0v) is 53.6. The average Bonchev–Trinajstić information content (AvgIpc) is 3.34. The molecule has 1 aliphatic carbocycles. The maximum Gasteiger partial charge on any atom is 0.469 e. The minimum absolute atomic E-state index is 0.0349. The minimum atomic E-state index is -5.37. The molecule has 3 fully saturated rings. The molecule has 0 spiro atoms. The first-order chi connectivity index (χ1) is 42.5. The SMILES string of the molecule is CC(=O)N[C@@H](CCCCNC(=O)CCCC[C@@H]1SC[C@@H]2NC(=O)N[C@@H]21)C(=O)N[C@@H](C)C(=O)N[C@@H](C)C(=O)N[C@@H](CC1CCCCC1)C(=O)N[C@H](C(=O)N(C)[C@@H](C)C(=O)N[C@@H](Cc1ccc2ccccc2c1)C(=O)N[C@@H](CCC(N)=O)C(N)=O)[C@H](C)OP(=O)(O)O. The van der Waals surface area contributed by atoms with Gasteiger partial charge in [0, 0.05) is 50.8 Å². The van der Waals surface area contributed by atoms with Gasteiger partial charge in [-0.05, 0) is 94.9 Å². The summed E-state index contributed by atoms with van der Waals surface area (Å²) < 4.78 is 17.2. The molecule has 12 atom stereocenters. The van der Waals surface area contributed by atoms with Crippen LogP contribution in [0.1, 0.15) is 136 Å². The highest BCUT2D eigenvalue weighted by atomic mass is 32.2. The molecule has 2 aliphatic heterocycles. The fourth-order valence-corrected chi connectivity index (χ4v) is 13.2. The number of urea groups is 1. The Morgan fingerprint density at radius 2 is 1.32 bits per heavy atom. The highest BCUT2D eigenvalue weighted by Gasteiger charge is 2.43. The monoisotopic (exact) mass is 1300 g/mol. The van der Waals surface area contributed by atoms with Crippen molar-refractivity contribution in [2.45, 2.75) is 209 Å². The first kappa shape index (κ1) is 73.3. The summed E-state index contributed by atoms with van der Waals surface area (Å²) in [4.78, 5) is 179. The molecule has 90 heavy (non-hydrogen) atoms. The molecular formula is C59H90N13O16PS. The number of unbranched alkanes of at least 4 members (excludes halogenated alkanes) is 2. The summed E-state index contributed by atoms with van der Waals surface area (Å²) in [5.41, 5.74) is 11.4. The molecule has 0 aromatic heterocycles. The number of carbonyl (C=O) groups is 12. The van der Waals surface area contributed by atoms with Crippen LogP contribution in [0.15, 0.2) is 42.5 Å². The molecule has 498 valence electrons. The molecule has 0 radical (unpaired) electrons. The van der Waals surface area contributed by atoms with E-state index >= 15 is 0 Å². The van der Waals surface area contributed by atoms with E-state index < -0.39 is 121 Å². The summed E-state index contributed by atoms with van der Waals surface area (Å²) in [6.07, 6.45) is 5.30. The van der Waals surface area contributed by atoms with Gasteiger partial charge >= 0.3 is 13.9 Å². The zero-order chi connectivity index (χ0) is 66.4. The number of carbonyl (C=O) groups excluding carboxylic acids is 12. The number of hydrogen-bond acceptors (Lipinski definition) is 15. The van der Waals surface area contributed by atoms with Crippen LogP contribution in [-0.2, 0) is 68.2 Å². The van der Waals surface area contributed by atoms with Gasteiger partial charge < -0.3 is 79.3 Å². The van der Waals surface area contributed by atoms with Gasteiger partial charge in [-0.2, -0.15) is 11.8 Å². The van der Waals surface area contributed by atoms with Gasteiger partial charge in [0.25, 0.3) is 0 Å². The Labute approximate surface area is 527 Å². The molecule has 1 saturated carbocycles. The van der Waals surface area contributed by atoms with E-state index in [1.807, 2.05) is 36.0 Å². The van der Waals surface area contributed by atoms with Crippen LogP contribution in [0.2, 0.25) is 0 Å². The van der Waals surface area contributed by atoms with Crippen LogP contribution in [0.5, 0.6) is 0 Å². The predicted octanol–water partition coefficient (Wildman–Crippen LogP) is -0.0862. The second kappa shape index (κ2) is 35.3. The van der Waals surface area contributed by atoms with E-state index in [1.54, 1.807) is 18.2 Å². The first-order valence-electron chi connectivity index (χ1n) is 30.6. The largest absolute Gasteiger partial charge is 0.469 e. The minimum Gasteiger partial charge on any atom is -0.370 e. The lowest BCUT2D eigenvalue weighted by Gasteiger charge is -2.34. The number of primary amides is 2. The van der Waals surface area contributed by atoms with Gasteiger partial charge in [-0.1, -0.05) is 81.0 Å². The first-order valence-corrected chi connectivity index (χ1v) is 33.2. The van der Waals surface area contributed by atoms with E-state index in [-0.39, 0.29) is 62.0 Å². The lowest BCUT2D eigenvalue weighted by Crippen LogP contribution is -2.62. The summed E-state index contributed by atoms with van der Waals surface area (Å²) >= 11 is 1.82. The number of benzene rings is 2. The van der Waals surface area contributed by atoms with Gasteiger partial charge in [0.15, 0.2) is 0 Å². The van der Waals surface area contributed by atoms with Crippen LogP contribution in [0.25, 0.3) is 10.8 Å². The molecule has 5 rings (SSSR count). The molecule has 2 saturated heterocycles. The normalized spacial score (nSPS) is 19.4. The molecule has 13 amide bonds. The van der Waals surface area contributed by atoms with Crippen LogP contribution in [0, 0.1) is 5.92 Å². The molecule has 3 aliphatic rings. The van der Waals surface area contributed by atoms with Crippen LogP contribution >= 0.6 is 19.6 Å². The third-order valence-electron chi connectivity index (χ3n) is 16.3. The molecule has 29 nitrogen and oxygen atoms in total. The molecule has 0 bridgehead atoms. The molecular weight excluding hydrogens is 1210 g/mol. The van der Waals surface area contributed by atoms with E-state index in [4.69, 9.17) is 16.0 Å². The molecule has 2 aromatic rings. The molecule has 31 heteroatoms. The quantitative estimate of drug-likeness (QED) is 0.0241. The number of thioether (sulfide) groups is 1. The number of phosphoric ester groups is 1. The van der Waals surface area contributed by atoms with Crippen molar-refractivity contribution in [2.75, 3.05) is 19.3 Å². The Balaban J connectivity index is 1.20. The predicted molar refractivity (Wildman–Crippen MR) is 333 cm³/mol. The number of amides is 13. The summed E-state index contributed by atoms with van der Waals surface area (Å²) in [5, 5.41) is 28.6. The van der Waals surface area contributed by atoms with Crippen molar-refractivity contribution < 1.29 is 76.4 Å². The van der Waals surface area contributed by atoms with Gasteiger partial charge in [0.05, 0.1) is 18.2 Å². The van der Waals surface area contributed by atoms with Crippen molar-refractivity contribution >= 4 is 101 Å². The number of rotatable bonds is 36. The van der Waals surface area contributed by atoms with Crippen molar-refractivity contribution in [1.29, 1.82) is 0 Å². The molecule has 2 heterocycles. The Bertz CT molecular complexity index is 2950. The Hall–Kier alpha value is -7.40. The second-order valence-electron chi connectivity index (χ2n) is 23.6. The number of fused-ring (bicyclic) bond motifs is 2. The van der Waals surface area contributed by atoms with Crippen molar-refractivity contribution in [3.05, 3.63) is 48.0 Å². The van der Waals surface area contributed by atoms with Crippen molar-refractivity contribution in [2.24, 2.45) is 17.4 Å². The van der Waals surface area contributed by atoms with Crippen molar-refractivity contribution in [3.63, 3.8) is 0 Å². The van der Waals surface area contributed by atoms with E-state index in [0.717, 1.165) is 67.5 Å². The topological polar surface area (TPSA) is 447 Å². The summed E-state index contributed by atoms with van der Waals surface area (Å²) in [6.45, 7) is 6.63. The average molecular weight is 1300 g/mol. The number of nitrogens with one attached hydrogen (secondary N) is 10. The maximum atomic E-state index is 14.5. The number of phosphoric acid groups is 1. The maximum absolute atomic E-state index is 14.5. The van der Waals surface area contributed by atoms with Gasteiger partial charge in [0.1, 0.15) is 48.3 Å². The second-order valence-corrected chi connectivity index (χ2v) is 26.0. The van der Waals surface area contributed by atoms with E-state index in [0.29, 0.717) is 55.9 Å². The van der Waals surface area contributed by atoms with E-state index in [9.17, 15) is 71.9 Å². The fourth-order valence-electron chi connectivity index (χ4n) is 11.1. The smallest absolute Gasteiger partial charge is 0.370 e. The Morgan fingerprint density at radius 1 is 0.700 bits per heavy atom. The standard InChI is InChI=1S/C59H90N13O16PS/c1-32(64-55(80)42(65-36(5)73)20-14-15-27-62-48(75)22-13-12-21-46-50-45(31-90-46)69-59(84)71-50)52(77)63-33(2)53(78)67-43(29-37-16-8-7-9-17-37)57(82)70-49(35(4)88-89(85,86)87)58(83)72(6)34(3)54(79)68-44(56(81)66-41(51(61)76)25-26-47(60)74)30-38-23-24-39-18-10-11-19-40(39)28-38/h10-11,18-19,23-24,28,32-35,37,41-46,49-50H,7-9,12-17,20-22,25-27,29-31H2,1-6H3,(H2,60,74)(H2,61,76)(H,62,75)(H,63,77)(H,64,80)(H,65,73)(H,66,81)(H,67,78)(H,68,79)(H,70,82)(H2,69,71,84)(H2,85,86,87)/t32-,33-,34-,35-,41-,42-,43-,44-,45-,46-,49-,50-/m0/s1. The molecule has 16 N–H and O–H groups in total. The summed E-state index contributed by atoms with van der Waals surface area (Å²) in [6, 6.07) is 1.53. The summed E-state index contributed by atoms with van der Waals surface area (Å²) in [5.74, 6) is -7.84. The van der Waals surface area contributed by atoms with Crippen LogP contribution in [0.3, 0.4) is 0 Å². The highest BCUT2D eigenvalue weighted by Crippen LogP contribution is 2.38. The van der Waals surface area contributed by atoms with Gasteiger partial charge in [-0.3, -0.25) is 57.3 Å². The molecule has 0 unspecified atom stereocenters. The van der Waals surface area contributed by atoms with Gasteiger partial charge in [-0.25, -0.2) is 9.36 Å². The van der Waals surface area contributed by atoms with Crippen molar-refractivity contribution in [3.8, 4) is 0 Å². The fraction of sp³-hybridized carbons (Fsp3) is 0.627. The Kier molecular flexibility index (Phi) is 28.7. The number of nitrogens with zero attached hydrogens (tertiary/aromatic N) is 1. The molecule has 2 aromatic carbocycles. The van der Waals surface area contributed by atoms with Crippen LogP contribution in [-0.4, -0.2) is 177 Å². The number of nitrogens with two attached hydrogens (primary N) is 2. The van der Waals surface area contributed by atoms with Crippen LogP contribution < -0.4 is 64.6 Å². The van der Waals surface area contributed by atoms with Crippen LogP contribution in [0.4, 0.5) is 4.79 Å². The van der Waals surface area contributed by atoms with E-state index in [2.05, 4.69) is 53.2 Å².